The molecule has 5 nitrogen and oxygen atoms in total. The first kappa shape index (κ1) is 13.8. The summed E-state index contributed by atoms with van der Waals surface area (Å²) in [7, 11) is 0. The Kier molecular flexibility index (Phi) is 3.96. The quantitative estimate of drug-likeness (QED) is 0.929. The van der Waals surface area contributed by atoms with Crippen molar-refractivity contribution in [3.05, 3.63) is 58.8 Å². The molecule has 1 unspecified atom stereocenters. The SMILES string of the molecule is O=C(Nc1ccncc1)C1CC(c2cccc(Br)c2)=NO1. The Bertz CT molecular complexity index is 688. The zero-order valence-electron chi connectivity index (χ0n) is 11.0. The first-order valence-electron chi connectivity index (χ1n) is 6.42. The predicted octanol–water partition coefficient (Wildman–Crippen LogP) is 2.98. The van der Waals surface area contributed by atoms with Gasteiger partial charge < -0.3 is 10.2 Å². The Balaban J connectivity index is 1.65. The molecular formula is C15H12BrN3O2. The van der Waals surface area contributed by atoms with E-state index in [-0.39, 0.29) is 5.91 Å². The van der Waals surface area contributed by atoms with E-state index in [2.05, 4.69) is 31.4 Å². The third-order valence-electron chi connectivity index (χ3n) is 3.07. The van der Waals surface area contributed by atoms with Crippen LogP contribution in [0, 0.1) is 0 Å². The van der Waals surface area contributed by atoms with Gasteiger partial charge in [0.15, 0.2) is 0 Å². The van der Waals surface area contributed by atoms with Crippen LogP contribution in [0.15, 0.2) is 58.4 Å². The van der Waals surface area contributed by atoms with E-state index in [1.165, 1.54) is 0 Å². The lowest BCUT2D eigenvalue weighted by atomic mass is 10.0. The molecule has 1 aliphatic rings. The minimum absolute atomic E-state index is 0.213. The molecule has 1 atom stereocenters. The molecule has 1 aliphatic heterocycles. The summed E-state index contributed by atoms with van der Waals surface area (Å²) in [6, 6.07) is 11.2. The topological polar surface area (TPSA) is 63.6 Å². The molecule has 1 N–H and O–H groups in total. The van der Waals surface area contributed by atoms with Gasteiger partial charge >= 0.3 is 0 Å². The van der Waals surface area contributed by atoms with Crippen LogP contribution in [0.25, 0.3) is 0 Å². The van der Waals surface area contributed by atoms with Crippen molar-refractivity contribution in [3.63, 3.8) is 0 Å². The van der Waals surface area contributed by atoms with Crippen LogP contribution in [0.2, 0.25) is 0 Å². The molecule has 1 aromatic carbocycles. The second-order valence-corrected chi connectivity index (χ2v) is 5.49. The van der Waals surface area contributed by atoms with Crippen LogP contribution in [0.1, 0.15) is 12.0 Å². The smallest absolute Gasteiger partial charge is 0.268 e. The van der Waals surface area contributed by atoms with Gasteiger partial charge in [-0.3, -0.25) is 9.78 Å². The van der Waals surface area contributed by atoms with Gasteiger partial charge in [0.05, 0.1) is 5.71 Å². The number of benzene rings is 1. The van der Waals surface area contributed by atoms with E-state index in [1.54, 1.807) is 24.5 Å². The van der Waals surface area contributed by atoms with Gasteiger partial charge in [0, 0.05) is 34.5 Å². The number of nitrogens with zero attached hydrogens (tertiary/aromatic N) is 2. The Morgan fingerprint density at radius 2 is 2.10 bits per heavy atom. The van der Waals surface area contributed by atoms with Crippen molar-refractivity contribution >= 4 is 33.2 Å². The van der Waals surface area contributed by atoms with E-state index >= 15 is 0 Å². The minimum Gasteiger partial charge on any atom is -0.382 e. The van der Waals surface area contributed by atoms with Crippen molar-refractivity contribution in [2.75, 3.05) is 5.32 Å². The van der Waals surface area contributed by atoms with Gasteiger partial charge in [-0.2, -0.15) is 0 Å². The maximum atomic E-state index is 12.1. The van der Waals surface area contributed by atoms with Crippen molar-refractivity contribution in [1.82, 2.24) is 4.98 Å². The average molecular weight is 346 g/mol. The Hall–Kier alpha value is -2.21. The van der Waals surface area contributed by atoms with E-state index in [0.29, 0.717) is 12.1 Å². The number of carbonyl (C=O) groups is 1. The van der Waals surface area contributed by atoms with Crippen molar-refractivity contribution in [2.24, 2.45) is 5.16 Å². The monoisotopic (exact) mass is 345 g/mol. The van der Waals surface area contributed by atoms with Gasteiger partial charge in [-0.05, 0) is 24.3 Å². The van der Waals surface area contributed by atoms with E-state index in [1.807, 2.05) is 24.3 Å². The van der Waals surface area contributed by atoms with Gasteiger partial charge in [-0.15, -0.1) is 0 Å². The van der Waals surface area contributed by atoms with E-state index in [0.717, 1.165) is 15.7 Å². The standard InChI is InChI=1S/C15H12BrN3O2/c16-11-3-1-2-10(8-11)13-9-14(21-19-13)15(20)18-12-4-6-17-7-5-12/h1-8,14H,9H2,(H,17,18,20). The number of carbonyl (C=O) groups excluding carboxylic acids is 1. The molecule has 6 heteroatoms. The molecule has 0 saturated carbocycles. The molecule has 0 saturated heterocycles. The molecule has 106 valence electrons. The molecule has 1 amide bonds. The number of rotatable bonds is 3. The normalized spacial score (nSPS) is 17.0. The number of hydrogen-bond acceptors (Lipinski definition) is 4. The van der Waals surface area contributed by atoms with Gasteiger partial charge in [-0.25, -0.2) is 0 Å². The molecule has 2 heterocycles. The highest BCUT2D eigenvalue weighted by molar-refractivity contribution is 9.10. The summed E-state index contributed by atoms with van der Waals surface area (Å²) < 4.78 is 0.965. The van der Waals surface area contributed by atoms with Gasteiger partial charge in [0.2, 0.25) is 6.10 Å². The van der Waals surface area contributed by atoms with Crippen molar-refractivity contribution in [3.8, 4) is 0 Å². The Morgan fingerprint density at radius 1 is 1.29 bits per heavy atom. The second kappa shape index (κ2) is 6.05. The minimum atomic E-state index is -0.604. The lowest BCUT2D eigenvalue weighted by Crippen LogP contribution is -2.28. The van der Waals surface area contributed by atoms with Crippen LogP contribution in [0.3, 0.4) is 0 Å². The Labute approximate surface area is 130 Å². The van der Waals surface area contributed by atoms with Crippen molar-refractivity contribution < 1.29 is 9.63 Å². The molecule has 0 spiro atoms. The first-order chi connectivity index (χ1) is 10.2. The maximum Gasteiger partial charge on any atom is 0.268 e. The molecular weight excluding hydrogens is 334 g/mol. The second-order valence-electron chi connectivity index (χ2n) is 4.57. The largest absolute Gasteiger partial charge is 0.382 e. The number of hydrogen-bond donors (Lipinski definition) is 1. The van der Waals surface area contributed by atoms with Crippen LogP contribution in [-0.2, 0) is 9.63 Å². The number of amides is 1. The fourth-order valence-electron chi connectivity index (χ4n) is 2.01. The summed E-state index contributed by atoms with van der Waals surface area (Å²) in [6.07, 6.45) is 3.09. The van der Waals surface area contributed by atoms with Crippen LogP contribution in [0.4, 0.5) is 5.69 Å². The number of nitrogens with one attached hydrogen (secondary N) is 1. The lowest BCUT2D eigenvalue weighted by Gasteiger charge is -2.09. The number of aromatic nitrogens is 1. The summed E-state index contributed by atoms with van der Waals surface area (Å²) in [5, 5.41) is 6.79. The summed E-state index contributed by atoms with van der Waals surface area (Å²) in [6.45, 7) is 0. The highest BCUT2D eigenvalue weighted by Gasteiger charge is 2.28. The van der Waals surface area contributed by atoms with Gasteiger partial charge in [0.25, 0.3) is 5.91 Å². The van der Waals surface area contributed by atoms with Crippen molar-refractivity contribution in [2.45, 2.75) is 12.5 Å². The molecule has 0 fully saturated rings. The average Bonchev–Trinajstić information content (AvgIpc) is 2.98. The molecule has 1 aromatic heterocycles. The van der Waals surface area contributed by atoms with Crippen molar-refractivity contribution in [1.29, 1.82) is 0 Å². The summed E-state index contributed by atoms with van der Waals surface area (Å²) >= 11 is 3.42. The van der Waals surface area contributed by atoms with E-state index in [4.69, 9.17) is 4.84 Å². The molecule has 21 heavy (non-hydrogen) atoms. The van der Waals surface area contributed by atoms with Crippen LogP contribution < -0.4 is 5.32 Å². The summed E-state index contributed by atoms with van der Waals surface area (Å²) in [5.74, 6) is -0.213. The fourth-order valence-corrected chi connectivity index (χ4v) is 2.41. The van der Waals surface area contributed by atoms with Crippen LogP contribution in [-0.4, -0.2) is 22.7 Å². The summed E-state index contributed by atoms with van der Waals surface area (Å²) in [4.78, 5) is 21.3. The van der Waals surface area contributed by atoms with Crippen LogP contribution >= 0.6 is 15.9 Å². The third-order valence-corrected chi connectivity index (χ3v) is 3.56. The van der Waals surface area contributed by atoms with E-state index in [9.17, 15) is 4.79 Å². The molecule has 0 radical (unpaired) electrons. The highest BCUT2D eigenvalue weighted by atomic mass is 79.9. The van der Waals surface area contributed by atoms with Gasteiger partial charge in [-0.1, -0.05) is 33.2 Å². The zero-order valence-corrected chi connectivity index (χ0v) is 12.6. The lowest BCUT2D eigenvalue weighted by molar-refractivity contribution is -0.125. The molecule has 0 bridgehead atoms. The number of anilines is 1. The molecule has 2 aromatic rings. The molecule has 3 rings (SSSR count). The Morgan fingerprint density at radius 3 is 2.86 bits per heavy atom. The zero-order chi connectivity index (χ0) is 14.7. The number of oxime groups is 1. The van der Waals surface area contributed by atoms with Gasteiger partial charge in [0.1, 0.15) is 0 Å². The first-order valence-corrected chi connectivity index (χ1v) is 7.21. The number of halogens is 1. The fraction of sp³-hybridized carbons (Fsp3) is 0.133. The maximum absolute atomic E-state index is 12.1. The number of pyridine rings is 1. The molecule has 0 aliphatic carbocycles. The van der Waals surface area contributed by atoms with E-state index < -0.39 is 6.10 Å². The third kappa shape index (κ3) is 3.28. The summed E-state index contributed by atoms with van der Waals surface area (Å²) in [5.41, 5.74) is 2.41. The van der Waals surface area contributed by atoms with Crippen LogP contribution in [0.5, 0.6) is 0 Å². The predicted molar refractivity (Wildman–Crippen MR) is 83.0 cm³/mol. The highest BCUT2D eigenvalue weighted by Crippen LogP contribution is 2.20.